The Morgan fingerprint density at radius 2 is 1.71 bits per heavy atom. The SMILES string of the molecule is CCOC(=O)c1ccc(N2C(=O)[C@H]3[C@H](c4cccc(OCC(=O)Nc5ccc(OC)cc5)c4)c4sc(=O)[nH]c4S[C@H]3C2=O)cc1. The van der Waals surface area contributed by atoms with Crippen molar-refractivity contribution in [2.75, 3.05) is 30.5 Å². The summed E-state index contributed by atoms with van der Waals surface area (Å²) in [5.74, 6) is -2.07. The van der Waals surface area contributed by atoms with Crippen LogP contribution in [0.4, 0.5) is 11.4 Å². The van der Waals surface area contributed by atoms with Crippen LogP contribution in [0.1, 0.15) is 33.6 Å². The number of benzene rings is 3. The van der Waals surface area contributed by atoms with Gasteiger partial charge in [-0.25, -0.2) is 9.69 Å². The van der Waals surface area contributed by atoms with Crippen LogP contribution in [0.15, 0.2) is 82.6 Å². The van der Waals surface area contributed by atoms with Gasteiger partial charge in [0.05, 0.1) is 35.9 Å². The fraction of sp³-hybridized carbons (Fsp3) is 0.219. The van der Waals surface area contributed by atoms with Crippen molar-refractivity contribution >= 4 is 58.2 Å². The maximum Gasteiger partial charge on any atom is 0.338 e. The first-order valence-electron chi connectivity index (χ1n) is 14.0. The number of hydrogen-bond acceptors (Lipinski definition) is 10. The second kappa shape index (κ2) is 12.6. The number of fused-ring (bicyclic) bond motifs is 2. The van der Waals surface area contributed by atoms with E-state index in [9.17, 15) is 24.0 Å². The molecule has 2 N–H and O–H groups in total. The number of H-pyrrole nitrogens is 1. The van der Waals surface area contributed by atoms with E-state index < -0.39 is 34.9 Å². The number of nitrogens with zero attached hydrogens (tertiary/aromatic N) is 1. The van der Waals surface area contributed by atoms with Crippen LogP contribution in [0, 0.1) is 5.92 Å². The Kier molecular flexibility index (Phi) is 8.46. The Bertz CT molecular complexity index is 1830. The molecular formula is C32H27N3O8S2. The summed E-state index contributed by atoms with van der Waals surface area (Å²) in [6.07, 6.45) is 0. The predicted octanol–water partition coefficient (Wildman–Crippen LogP) is 4.44. The molecule has 3 aromatic carbocycles. The highest BCUT2D eigenvalue weighted by Crippen LogP contribution is 2.53. The van der Waals surface area contributed by atoms with Gasteiger partial charge in [0.15, 0.2) is 6.61 Å². The van der Waals surface area contributed by atoms with Crippen molar-refractivity contribution in [2.45, 2.75) is 23.1 Å². The fourth-order valence-electron chi connectivity index (χ4n) is 5.41. The predicted molar refractivity (Wildman–Crippen MR) is 168 cm³/mol. The molecule has 4 aromatic rings. The quantitative estimate of drug-likeness (QED) is 0.200. The molecule has 1 fully saturated rings. The number of thioether (sulfide) groups is 1. The second-order valence-corrected chi connectivity index (χ2v) is 12.3. The van der Waals surface area contributed by atoms with Gasteiger partial charge in [-0.1, -0.05) is 35.2 Å². The van der Waals surface area contributed by atoms with Crippen LogP contribution in [-0.2, 0) is 19.1 Å². The van der Waals surface area contributed by atoms with Crippen LogP contribution in [-0.4, -0.2) is 54.2 Å². The Hall–Kier alpha value is -4.88. The first kappa shape index (κ1) is 30.2. The molecule has 0 aliphatic carbocycles. The highest BCUT2D eigenvalue weighted by molar-refractivity contribution is 8.00. The highest BCUT2D eigenvalue weighted by atomic mass is 32.2. The molecule has 6 rings (SSSR count). The van der Waals surface area contributed by atoms with Crippen molar-refractivity contribution in [1.82, 2.24) is 4.98 Å². The van der Waals surface area contributed by atoms with Gasteiger partial charge in [-0.3, -0.25) is 19.2 Å². The van der Waals surface area contributed by atoms with Crippen molar-refractivity contribution in [2.24, 2.45) is 5.92 Å². The zero-order valence-electron chi connectivity index (χ0n) is 24.1. The number of anilines is 2. The van der Waals surface area contributed by atoms with Crippen LogP contribution in [0.25, 0.3) is 0 Å². The maximum absolute atomic E-state index is 14.0. The normalized spacial score (nSPS) is 18.6. The summed E-state index contributed by atoms with van der Waals surface area (Å²) >= 11 is 2.17. The van der Waals surface area contributed by atoms with Crippen LogP contribution in [0.3, 0.4) is 0 Å². The zero-order valence-corrected chi connectivity index (χ0v) is 25.7. The first-order chi connectivity index (χ1) is 21.8. The number of nitrogens with one attached hydrogen (secondary N) is 2. The summed E-state index contributed by atoms with van der Waals surface area (Å²) in [6, 6.07) is 20.0. The van der Waals surface area contributed by atoms with Gasteiger partial charge in [-0.15, -0.1) is 0 Å². The summed E-state index contributed by atoms with van der Waals surface area (Å²) in [5.41, 5.74) is 1.89. The number of aromatic amines is 1. The Labute approximate surface area is 265 Å². The van der Waals surface area contributed by atoms with Crippen LogP contribution < -0.4 is 24.6 Å². The van der Waals surface area contributed by atoms with E-state index >= 15 is 0 Å². The van der Waals surface area contributed by atoms with Crippen LogP contribution >= 0.6 is 23.1 Å². The number of methoxy groups -OCH3 is 1. The average molecular weight is 646 g/mol. The summed E-state index contributed by atoms with van der Waals surface area (Å²) in [7, 11) is 1.56. The van der Waals surface area contributed by atoms with E-state index in [1.165, 1.54) is 23.9 Å². The zero-order chi connectivity index (χ0) is 31.7. The van der Waals surface area contributed by atoms with Crippen molar-refractivity contribution in [3.63, 3.8) is 0 Å². The third kappa shape index (κ3) is 5.96. The van der Waals surface area contributed by atoms with E-state index in [1.807, 2.05) is 6.07 Å². The third-order valence-electron chi connectivity index (χ3n) is 7.42. The van der Waals surface area contributed by atoms with Gasteiger partial charge >= 0.3 is 10.8 Å². The summed E-state index contributed by atoms with van der Waals surface area (Å²) in [4.78, 5) is 69.2. The Morgan fingerprint density at radius 3 is 2.42 bits per heavy atom. The molecule has 3 amide bonds. The van der Waals surface area contributed by atoms with E-state index in [0.717, 1.165) is 16.2 Å². The number of amides is 3. The number of carbonyl (C=O) groups is 4. The molecule has 11 nitrogen and oxygen atoms in total. The number of thiazole rings is 1. The lowest BCUT2D eigenvalue weighted by atomic mass is 9.83. The molecule has 0 unspecified atom stereocenters. The molecule has 13 heteroatoms. The largest absolute Gasteiger partial charge is 0.497 e. The van der Waals surface area contributed by atoms with Crippen molar-refractivity contribution in [1.29, 1.82) is 0 Å². The number of hydrogen-bond donors (Lipinski definition) is 2. The molecule has 3 heterocycles. The van der Waals surface area contributed by atoms with Gasteiger partial charge in [-0.05, 0) is 73.2 Å². The lowest BCUT2D eigenvalue weighted by Gasteiger charge is -2.30. The maximum atomic E-state index is 14.0. The van der Waals surface area contributed by atoms with Gasteiger partial charge in [0.25, 0.3) is 5.91 Å². The number of ether oxygens (including phenoxy) is 3. The van der Waals surface area contributed by atoms with E-state index in [1.54, 1.807) is 68.6 Å². The lowest BCUT2D eigenvalue weighted by Crippen LogP contribution is -2.32. The van der Waals surface area contributed by atoms with Gasteiger partial charge in [0.2, 0.25) is 11.8 Å². The highest BCUT2D eigenvalue weighted by Gasteiger charge is 2.56. The molecule has 0 spiro atoms. The molecule has 1 saturated heterocycles. The van der Waals surface area contributed by atoms with Crippen LogP contribution in [0.2, 0.25) is 0 Å². The van der Waals surface area contributed by atoms with Crippen molar-refractivity contribution < 1.29 is 33.4 Å². The standard InChI is InChI=1S/C32H27N3O8S2/c1-3-42-31(39)17-7-11-20(12-8-17)35-29(37)25-24(26-28(34-32(40)45-26)44-27(25)30(35)38)18-5-4-6-22(15-18)43-16-23(36)33-19-9-13-21(41-2)14-10-19/h4-15,24-25,27H,3,16H2,1-2H3,(H,33,36)(H,34,40)/t24-,25-,27+/m0/s1. The molecule has 2 aliphatic rings. The summed E-state index contributed by atoms with van der Waals surface area (Å²) in [6.45, 7) is 1.66. The van der Waals surface area contributed by atoms with E-state index in [0.29, 0.717) is 43.9 Å². The summed E-state index contributed by atoms with van der Waals surface area (Å²) < 4.78 is 16.0. The third-order valence-corrected chi connectivity index (χ3v) is 9.82. The van der Waals surface area contributed by atoms with E-state index in [2.05, 4.69) is 10.3 Å². The fourth-order valence-corrected chi connectivity index (χ4v) is 7.92. The van der Waals surface area contributed by atoms with Crippen LogP contribution in [0.5, 0.6) is 11.5 Å². The Balaban J connectivity index is 1.25. The minimum absolute atomic E-state index is 0.223. The van der Waals surface area contributed by atoms with Crippen molar-refractivity contribution in [3.8, 4) is 11.5 Å². The van der Waals surface area contributed by atoms with Gasteiger partial charge < -0.3 is 24.5 Å². The molecule has 0 radical (unpaired) electrons. The van der Waals surface area contributed by atoms with Crippen molar-refractivity contribution in [3.05, 3.63) is 98.5 Å². The first-order valence-corrected chi connectivity index (χ1v) is 15.7. The monoisotopic (exact) mass is 645 g/mol. The smallest absolute Gasteiger partial charge is 0.338 e. The van der Waals surface area contributed by atoms with Gasteiger partial charge in [0.1, 0.15) is 16.7 Å². The molecule has 1 aromatic heterocycles. The topological polar surface area (TPSA) is 144 Å². The molecule has 0 bridgehead atoms. The Morgan fingerprint density at radius 1 is 0.956 bits per heavy atom. The molecular weight excluding hydrogens is 618 g/mol. The molecule has 3 atom stereocenters. The minimum atomic E-state index is -0.806. The number of aromatic nitrogens is 1. The average Bonchev–Trinajstić information content (AvgIpc) is 3.54. The molecule has 0 saturated carbocycles. The summed E-state index contributed by atoms with van der Waals surface area (Å²) in [5, 5.41) is 2.52. The number of imide groups is 1. The number of esters is 1. The minimum Gasteiger partial charge on any atom is -0.497 e. The van der Waals surface area contributed by atoms with E-state index in [4.69, 9.17) is 14.2 Å². The van der Waals surface area contributed by atoms with E-state index in [-0.39, 0.29) is 24.0 Å². The second-order valence-electron chi connectivity index (χ2n) is 10.2. The molecule has 2 aliphatic heterocycles. The molecule has 45 heavy (non-hydrogen) atoms. The van der Waals surface area contributed by atoms with Gasteiger partial charge in [0, 0.05) is 16.5 Å². The molecule has 230 valence electrons. The lowest BCUT2D eigenvalue weighted by molar-refractivity contribution is -0.122. The number of rotatable bonds is 9. The number of carbonyl (C=O) groups excluding carboxylic acids is 4. The van der Waals surface area contributed by atoms with Gasteiger partial charge in [-0.2, -0.15) is 0 Å².